The third-order valence-electron chi connectivity index (χ3n) is 1.23. The first kappa shape index (κ1) is 11.1. The van der Waals surface area contributed by atoms with E-state index in [2.05, 4.69) is 36.8 Å². The minimum absolute atomic E-state index is 0.300. The highest BCUT2D eigenvalue weighted by Gasteiger charge is 2.24. The molecule has 0 saturated heterocycles. The van der Waals surface area contributed by atoms with E-state index in [1.54, 1.807) is 6.07 Å². The van der Waals surface area contributed by atoms with Crippen LogP contribution in [0, 0.1) is 0 Å². The number of rotatable bonds is 2. The molecule has 1 atom stereocenters. The Bertz CT molecular complexity index is 328. The number of aliphatic hydroxyl groups excluding tert-OH is 1. The summed E-state index contributed by atoms with van der Waals surface area (Å²) in [7, 11) is 0. The number of halogens is 3. The van der Waals surface area contributed by atoms with E-state index in [1.807, 2.05) is 0 Å². The smallest absolute Gasteiger partial charge is 0.376 e. The van der Waals surface area contributed by atoms with Gasteiger partial charge in [0.1, 0.15) is 0 Å². The zero-order valence-electron chi connectivity index (χ0n) is 5.96. The summed E-state index contributed by atoms with van der Waals surface area (Å²) < 4.78 is 12.7. The molecule has 0 aromatic carbocycles. The summed E-state index contributed by atoms with van der Waals surface area (Å²) in [5.74, 6) is -1.32. The molecule has 3 nitrogen and oxygen atoms in total. The second-order valence-corrected chi connectivity index (χ2v) is 5.38. The monoisotopic (exact) mass is 332 g/mol. The van der Waals surface area contributed by atoms with Gasteiger partial charge >= 0.3 is 5.97 Å². The van der Waals surface area contributed by atoms with Gasteiger partial charge in [-0.3, -0.25) is 4.94 Å². The summed E-state index contributed by atoms with van der Waals surface area (Å²) >= 11 is 7.38. The van der Waals surface area contributed by atoms with E-state index >= 15 is 0 Å². The fourth-order valence-electron chi connectivity index (χ4n) is 0.690. The zero-order chi connectivity index (χ0) is 10.0. The number of aliphatic hydroxyl groups is 1. The Balaban J connectivity index is 2.94. The third-order valence-corrected chi connectivity index (χ3v) is 3.84. The zero-order valence-corrected chi connectivity index (χ0v) is 9.95. The van der Waals surface area contributed by atoms with Crippen molar-refractivity contribution >= 4 is 49.2 Å². The van der Waals surface area contributed by atoms with Gasteiger partial charge in [0, 0.05) is 9.00 Å². The molecule has 0 aliphatic heterocycles. The lowest BCUT2D eigenvalue weighted by Crippen LogP contribution is -2.10. The van der Waals surface area contributed by atoms with Crippen LogP contribution in [0.3, 0.4) is 0 Å². The summed E-state index contributed by atoms with van der Waals surface area (Å²) in [6, 6.07) is 1.65. The van der Waals surface area contributed by atoms with Crippen LogP contribution in [-0.2, 0) is 9.74 Å². The van der Waals surface area contributed by atoms with Crippen molar-refractivity contribution in [3.05, 3.63) is 19.2 Å². The molecule has 72 valence electrons. The molecule has 0 radical (unpaired) electrons. The van der Waals surface area contributed by atoms with Crippen LogP contribution in [0.2, 0.25) is 0 Å². The predicted octanol–water partition coefficient (Wildman–Crippen LogP) is 2.73. The first-order valence-corrected chi connectivity index (χ1v) is 5.41. The van der Waals surface area contributed by atoms with Crippen LogP contribution in [-0.4, -0.2) is 11.1 Å². The average molecular weight is 334 g/mol. The Morgan fingerprint density at radius 2 is 2.31 bits per heavy atom. The van der Waals surface area contributed by atoms with Crippen LogP contribution >= 0.6 is 43.2 Å². The Labute approximate surface area is 93.7 Å². The fraction of sp³-hybridized carbons (Fsp3) is 0.167. The van der Waals surface area contributed by atoms with E-state index in [-0.39, 0.29) is 0 Å². The van der Waals surface area contributed by atoms with Gasteiger partial charge in [0.25, 0.3) is 0 Å². The fourth-order valence-corrected chi connectivity index (χ4v) is 3.34. The molecule has 7 heteroatoms. The van der Waals surface area contributed by atoms with Gasteiger partial charge in [-0.1, -0.05) is 0 Å². The second kappa shape index (κ2) is 4.50. The molecule has 0 fully saturated rings. The van der Waals surface area contributed by atoms with Gasteiger partial charge in [-0.2, -0.15) is 0 Å². The van der Waals surface area contributed by atoms with Crippen LogP contribution in [0.4, 0.5) is 4.53 Å². The molecule has 1 N–H and O–H groups in total. The average Bonchev–Trinajstić information content (AvgIpc) is 2.42. The third kappa shape index (κ3) is 2.49. The molecule has 1 aromatic rings. The maximum absolute atomic E-state index is 11.4. The highest BCUT2D eigenvalue weighted by molar-refractivity contribution is 9.11. The number of thiophene rings is 1. The molecule has 0 aliphatic carbocycles. The second-order valence-electron chi connectivity index (χ2n) is 2.06. The summed E-state index contributed by atoms with van der Waals surface area (Å²) in [6.45, 7) is 0. The molecule has 1 aromatic heterocycles. The quantitative estimate of drug-likeness (QED) is 0.905. The number of carbonyl (C=O) groups is 1. The molecule has 0 saturated carbocycles. The SMILES string of the molecule is O=C(OF)C(O)c1sc(Br)cc1Br. The van der Waals surface area contributed by atoms with Crippen LogP contribution in [0.25, 0.3) is 0 Å². The molecule has 1 heterocycles. The van der Waals surface area contributed by atoms with E-state index in [9.17, 15) is 14.4 Å². The van der Waals surface area contributed by atoms with Gasteiger partial charge in [0.15, 0.2) is 6.10 Å². The normalized spacial score (nSPS) is 12.6. The van der Waals surface area contributed by atoms with E-state index in [1.165, 1.54) is 0 Å². The van der Waals surface area contributed by atoms with Crippen LogP contribution < -0.4 is 0 Å². The maximum atomic E-state index is 11.4. The predicted molar refractivity (Wildman–Crippen MR) is 51.9 cm³/mol. The van der Waals surface area contributed by atoms with E-state index in [0.29, 0.717) is 9.35 Å². The molecule has 0 bridgehead atoms. The number of hydrogen-bond acceptors (Lipinski definition) is 4. The largest absolute Gasteiger partial charge is 0.382 e. The molecule has 0 aliphatic rings. The first-order chi connectivity index (χ1) is 6.06. The number of carbonyl (C=O) groups excluding carboxylic acids is 1. The van der Waals surface area contributed by atoms with Crippen LogP contribution in [0.1, 0.15) is 11.0 Å². The highest BCUT2D eigenvalue weighted by atomic mass is 79.9. The topological polar surface area (TPSA) is 46.5 Å². The van der Waals surface area contributed by atoms with Crippen molar-refractivity contribution in [2.24, 2.45) is 0 Å². The van der Waals surface area contributed by atoms with Crippen molar-refractivity contribution in [1.29, 1.82) is 0 Å². The summed E-state index contributed by atoms with van der Waals surface area (Å²) in [4.78, 5) is 13.8. The van der Waals surface area contributed by atoms with Crippen molar-refractivity contribution in [1.82, 2.24) is 0 Å². The lowest BCUT2D eigenvalue weighted by atomic mass is 10.3. The van der Waals surface area contributed by atoms with Crippen molar-refractivity contribution in [2.75, 3.05) is 0 Å². The van der Waals surface area contributed by atoms with E-state index < -0.39 is 12.1 Å². The Morgan fingerprint density at radius 3 is 2.69 bits per heavy atom. The van der Waals surface area contributed by atoms with E-state index in [0.717, 1.165) is 15.1 Å². The maximum Gasteiger partial charge on any atom is 0.382 e. The minimum atomic E-state index is -1.59. The van der Waals surface area contributed by atoms with Gasteiger partial charge in [0.05, 0.1) is 8.66 Å². The summed E-state index contributed by atoms with van der Waals surface area (Å²) in [5.41, 5.74) is 0. The minimum Gasteiger partial charge on any atom is -0.376 e. The highest BCUT2D eigenvalue weighted by Crippen LogP contribution is 2.35. The van der Waals surface area contributed by atoms with Crippen molar-refractivity contribution < 1.29 is 19.4 Å². The Hall–Kier alpha value is 0.0200. The molecule has 13 heavy (non-hydrogen) atoms. The molecule has 0 amide bonds. The number of hydrogen-bond donors (Lipinski definition) is 1. The van der Waals surface area contributed by atoms with Crippen LogP contribution in [0.15, 0.2) is 14.3 Å². The molecule has 1 rings (SSSR count). The Kier molecular flexibility index (Phi) is 3.84. The molecular weight excluding hydrogens is 331 g/mol. The molecule has 0 spiro atoms. The van der Waals surface area contributed by atoms with E-state index in [4.69, 9.17) is 0 Å². The lowest BCUT2D eigenvalue weighted by Gasteiger charge is -2.02. The lowest BCUT2D eigenvalue weighted by molar-refractivity contribution is -0.194. The van der Waals surface area contributed by atoms with Crippen molar-refractivity contribution in [3.63, 3.8) is 0 Å². The summed E-state index contributed by atoms with van der Waals surface area (Å²) in [5, 5.41) is 9.23. The Morgan fingerprint density at radius 1 is 1.69 bits per heavy atom. The van der Waals surface area contributed by atoms with Crippen LogP contribution in [0.5, 0.6) is 0 Å². The van der Waals surface area contributed by atoms with Gasteiger partial charge in [-0.15, -0.1) is 11.3 Å². The first-order valence-electron chi connectivity index (χ1n) is 3.01. The van der Waals surface area contributed by atoms with Crippen molar-refractivity contribution in [2.45, 2.75) is 6.10 Å². The summed E-state index contributed by atoms with van der Waals surface area (Å²) in [6.07, 6.45) is -1.59. The molecular formula is C6H3Br2FO3S. The van der Waals surface area contributed by atoms with Gasteiger partial charge in [0.2, 0.25) is 0 Å². The molecule has 1 unspecified atom stereocenters. The van der Waals surface area contributed by atoms with Gasteiger partial charge in [-0.25, -0.2) is 4.79 Å². The van der Waals surface area contributed by atoms with Crippen molar-refractivity contribution in [3.8, 4) is 0 Å². The standard InChI is InChI=1S/C6H3Br2FO3S/c7-2-1-3(8)13-5(2)4(10)6(11)12-9/h1,4,10H. The van der Waals surface area contributed by atoms with Gasteiger partial charge in [-0.05, 0) is 37.9 Å². The van der Waals surface area contributed by atoms with Gasteiger partial charge < -0.3 is 5.11 Å².